The molecule has 0 saturated carbocycles. The van der Waals surface area contributed by atoms with Crippen molar-refractivity contribution in [2.24, 2.45) is 0 Å². The first kappa shape index (κ1) is 20.2. The van der Waals surface area contributed by atoms with Gasteiger partial charge in [-0.3, -0.25) is 9.59 Å². The molecule has 2 amide bonds. The smallest absolute Gasteiger partial charge is 0.270 e. The second-order valence-electron chi connectivity index (χ2n) is 5.80. The van der Waals surface area contributed by atoms with Gasteiger partial charge in [-0.2, -0.15) is 0 Å². The van der Waals surface area contributed by atoms with E-state index < -0.39 is 0 Å². The molecule has 0 aliphatic heterocycles. The molecular formula is C20H25N3O4. The molecule has 0 unspecified atom stereocenters. The van der Waals surface area contributed by atoms with Crippen molar-refractivity contribution in [3.05, 3.63) is 53.9 Å². The van der Waals surface area contributed by atoms with E-state index in [0.717, 1.165) is 18.6 Å². The monoisotopic (exact) mass is 371 g/mol. The largest absolute Gasteiger partial charge is 0.497 e. The summed E-state index contributed by atoms with van der Waals surface area (Å²) in [5.41, 5.74) is 0.427. The number of methoxy groups -OCH3 is 1. The van der Waals surface area contributed by atoms with Crippen LogP contribution >= 0.6 is 0 Å². The van der Waals surface area contributed by atoms with E-state index in [1.54, 1.807) is 49.6 Å². The van der Waals surface area contributed by atoms with Crippen molar-refractivity contribution in [2.45, 2.75) is 19.8 Å². The van der Waals surface area contributed by atoms with Crippen LogP contribution in [0.3, 0.4) is 0 Å². The highest BCUT2D eigenvalue weighted by Crippen LogP contribution is 2.16. The van der Waals surface area contributed by atoms with Gasteiger partial charge in [0.2, 0.25) is 0 Å². The third-order valence-electron chi connectivity index (χ3n) is 3.75. The van der Waals surface area contributed by atoms with Crippen LogP contribution in [0.1, 0.15) is 40.7 Å². The van der Waals surface area contributed by atoms with E-state index in [4.69, 9.17) is 9.47 Å². The summed E-state index contributed by atoms with van der Waals surface area (Å²) in [7, 11) is 1.60. The summed E-state index contributed by atoms with van der Waals surface area (Å²) in [5.74, 6) is 0.812. The molecule has 144 valence electrons. The number of hydrogen-bond acceptors (Lipinski definition) is 5. The topological polar surface area (TPSA) is 89.6 Å². The van der Waals surface area contributed by atoms with Gasteiger partial charge < -0.3 is 20.1 Å². The van der Waals surface area contributed by atoms with Gasteiger partial charge in [-0.05, 0) is 42.8 Å². The number of hydrogen-bond donors (Lipinski definition) is 2. The average Bonchev–Trinajstić information content (AvgIpc) is 2.71. The number of aromatic nitrogens is 1. The SMILES string of the molecule is CCCCNC(=O)c1cccc(C(=O)NCCOc2ccc(OC)cc2)n1. The third kappa shape index (κ3) is 6.62. The van der Waals surface area contributed by atoms with Crippen molar-refractivity contribution in [2.75, 3.05) is 26.8 Å². The minimum Gasteiger partial charge on any atom is -0.497 e. The Bertz CT molecular complexity index is 747. The van der Waals surface area contributed by atoms with Crippen molar-refractivity contribution < 1.29 is 19.1 Å². The lowest BCUT2D eigenvalue weighted by Crippen LogP contribution is -2.30. The van der Waals surface area contributed by atoms with Gasteiger partial charge in [-0.25, -0.2) is 4.98 Å². The maximum atomic E-state index is 12.2. The van der Waals surface area contributed by atoms with Crippen LogP contribution in [0.5, 0.6) is 11.5 Å². The van der Waals surface area contributed by atoms with Crippen molar-refractivity contribution in [1.82, 2.24) is 15.6 Å². The van der Waals surface area contributed by atoms with Crippen LogP contribution in [0.25, 0.3) is 0 Å². The molecule has 2 N–H and O–H groups in total. The van der Waals surface area contributed by atoms with E-state index in [9.17, 15) is 9.59 Å². The summed E-state index contributed by atoms with van der Waals surface area (Å²) in [6.07, 6.45) is 1.90. The second-order valence-corrected chi connectivity index (χ2v) is 5.80. The molecule has 0 bridgehead atoms. The number of unbranched alkanes of at least 4 members (excludes halogenated alkanes) is 1. The summed E-state index contributed by atoms with van der Waals surface area (Å²) >= 11 is 0. The third-order valence-corrected chi connectivity index (χ3v) is 3.75. The van der Waals surface area contributed by atoms with Gasteiger partial charge in [0.25, 0.3) is 11.8 Å². The van der Waals surface area contributed by atoms with E-state index in [0.29, 0.717) is 25.4 Å². The Morgan fingerprint density at radius 2 is 1.52 bits per heavy atom. The molecule has 0 aliphatic carbocycles. The van der Waals surface area contributed by atoms with Crippen LogP contribution in [0.4, 0.5) is 0 Å². The first-order valence-electron chi connectivity index (χ1n) is 8.94. The van der Waals surface area contributed by atoms with Crippen molar-refractivity contribution in [3.8, 4) is 11.5 Å². The Morgan fingerprint density at radius 1 is 0.926 bits per heavy atom. The number of carbonyl (C=O) groups excluding carboxylic acids is 2. The Morgan fingerprint density at radius 3 is 2.11 bits per heavy atom. The zero-order chi connectivity index (χ0) is 19.5. The number of benzene rings is 1. The zero-order valence-corrected chi connectivity index (χ0v) is 15.7. The van der Waals surface area contributed by atoms with E-state index in [1.807, 2.05) is 6.92 Å². The first-order valence-corrected chi connectivity index (χ1v) is 8.94. The van der Waals surface area contributed by atoms with Crippen LogP contribution in [-0.4, -0.2) is 43.6 Å². The Balaban J connectivity index is 1.79. The fourth-order valence-electron chi connectivity index (χ4n) is 2.25. The Labute approximate surface area is 159 Å². The number of rotatable bonds is 10. The first-order chi connectivity index (χ1) is 13.1. The van der Waals surface area contributed by atoms with E-state index in [-0.39, 0.29) is 23.2 Å². The van der Waals surface area contributed by atoms with Gasteiger partial charge in [-0.1, -0.05) is 19.4 Å². The lowest BCUT2D eigenvalue weighted by molar-refractivity contribution is 0.0939. The number of carbonyl (C=O) groups is 2. The lowest BCUT2D eigenvalue weighted by Gasteiger charge is -2.09. The molecule has 27 heavy (non-hydrogen) atoms. The molecule has 0 aliphatic rings. The molecule has 1 aromatic heterocycles. The summed E-state index contributed by atoms with van der Waals surface area (Å²) in [6, 6.07) is 12.0. The van der Waals surface area contributed by atoms with Gasteiger partial charge in [-0.15, -0.1) is 0 Å². The number of nitrogens with zero attached hydrogens (tertiary/aromatic N) is 1. The minimum atomic E-state index is -0.350. The van der Waals surface area contributed by atoms with Gasteiger partial charge >= 0.3 is 0 Å². The van der Waals surface area contributed by atoms with Crippen LogP contribution in [0.2, 0.25) is 0 Å². The molecule has 0 atom stereocenters. The predicted octanol–water partition coefficient (Wildman–Crippen LogP) is 2.43. The molecule has 0 spiro atoms. The molecule has 0 fully saturated rings. The van der Waals surface area contributed by atoms with E-state index >= 15 is 0 Å². The highest BCUT2D eigenvalue weighted by atomic mass is 16.5. The second kappa shape index (κ2) is 10.8. The fraction of sp³-hybridized carbons (Fsp3) is 0.350. The maximum absolute atomic E-state index is 12.2. The lowest BCUT2D eigenvalue weighted by atomic mass is 10.2. The van der Waals surface area contributed by atoms with Crippen molar-refractivity contribution in [1.29, 1.82) is 0 Å². The molecule has 2 aromatic rings. The fourth-order valence-corrected chi connectivity index (χ4v) is 2.25. The number of pyridine rings is 1. The van der Waals surface area contributed by atoms with Gasteiger partial charge in [0.15, 0.2) is 0 Å². The van der Waals surface area contributed by atoms with Crippen LogP contribution in [-0.2, 0) is 0 Å². The predicted molar refractivity (Wildman–Crippen MR) is 102 cm³/mol. The molecule has 0 radical (unpaired) electrons. The average molecular weight is 371 g/mol. The minimum absolute atomic E-state index is 0.197. The molecular weight excluding hydrogens is 346 g/mol. The quantitative estimate of drug-likeness (QED) is 0.626. The maximum Gasteiger partial charge on any atom is 0.270 e. The number of ether oxygens (including phenoxy) is 2. The molecule has 7 heteroatoms. The van der Waals surface area contributed by atoms with Gasteiger partial charge in [0.1, 0.15) is 29.5 Å². The highest BCUT2D eigenvalue weighted by molar-refractivity contribution is 5.96. The standard InChI is InChI=1S/C20H25N3O4/c1-3-4-12-21-19(24)17-6-5-7-18(23-17)20(25)22-13-14-27-16-10-8-15(26-2)9-11-16/h5-11H,3-4,12-14H2,1-2H3,(H,21,24)(H,22,25). The summed E-state index contributed by atoms with van der Waals surface area (Å²) in [5, 5.41) is 5.51. The van der Waals surface area contributed by atoms with Crippen LogP contribution in [0.15, 0.2) is 42.5 Å². The Kier molecular flexibility index (Phi) is 8.09. The molecule has 1 heterocycles. The molecule has 7 nitrogen and oxygen atoms in total. The van der Waals surface area contributed by atoms with Crippen molar-refractivity contribution >= 4 is 11.8 Å². The summed E-state index contributed by atoms with van der Waals surface area (Å²) < 4.78 is 10.6. The summed E-state index contributed by atoms with van der Waals surface area (Å²) in [4.78, 5) is 28.3. The molecule has 0 saturated heterocycles. The zero-order valence-electron chi connectivity index (χ0n) is 15.7. The summed E-state index contributed by atoms with van der Waals surface area (Å²) in [6.45, 7) is 3.28. The number of amides is 2. The van der Waals surface area contributed by atoms with E-state index in [2.05, 4.69) is 15.6 Å². The normalized spacial score (nSPS) is 10.1. The number of nitrogens with one attached hydrogen (secondary N) is 2. The molecule has 1 aromatic carbocycles. The highest BCUT2D eigenvalue weighted by Gasteiger charge is 2.11. The van der Waals surface area contributed by atoms with Crippen LogP contribution in [0, 0.1) is 0 Å². The van der Waals surface area contributed by atoms with Crippen LogP contribution < -0.4 is 20.1 Å². The van der Waals surface area contributed by atoms with Gasteiger partial charge in [0.05, 0.1) is 13.7 Å². The Hall–Kier alpha value is -3.09. The van der Waals surface area contributed by atoms with Gasteiger partial charge in [0, 0.05) is 6.54 Å². The van der Waals surface area contributed by atoms with Crippen molar-refractivity contribution in [3.63, 3.8) is 0 Å². The van der Waals surface area contributed by atoms with E-state index in [1.165, 1.54) is 0 Å². The molecule has 2 rings (SSSR count).